The van der Waals surface area contributed by atoms with Crippen molar-refractivity contribution < 1.29 is 9.53 Å². The van der Waals surface area contributed by atoms with Gasteiger partial charge in [-0.1, -0.05) is 39.0 Å². The van der Waals surface area contributed by atoms with Gasteiger partial charge in [0.2, 0.25) is 5.91 Å². The van der Waals surface area contributed by atoms with E-state index in [1.54, 1.807) is 0 Å². The van der Waals surface area contributed by atoms with E-state index in [4.69, 9.17) is 4.74 Å². The first kappa shape index (κ1) is 16.8. The number of piperazine rings is 1. The highest BCUT2D eigenvalue weighted by molar-refractivity contribution is 5.81. The molecule has 1 saturated heterocycles. The maximum atomic E-state index is 12.2. The van der Waals surface area contributed by atoms with Crippen molar-refractivity contribution in [3.8, 4) is 5.75 Å². The van der Waals surface area contributed by atoms with E-state index in [1.165, 1.54) is 0 Å². The highest BCUT2D eigenvalue weighted by Crippen LogP contribution is 2.18. The van der Waals surface area contributed by atoms with Crippen LogP contribution >= 0.6 is 0 Å². The largest absolute Gasteiger partial charge is 0.494 e. The average Bonchev–Trinajstić information content (AvgIpc) is 2.52. The van der Waals surface area contributed by atoms with Crippen molar-refractivity contribution in [2.24, 2.45) is 5.41 Å². The summed E-state index contributed by atoms with van der Waals surface area (Å²) in [4.78, 5) is 16.6. The molecule has 1 aromatic rings. The van der Waals surface area contributed by atoms with Gasteiger partial charge in [0.05, 0.1) is 6.61 Å². The molecule has 1 amide bonds. The molecule has 1 heterocycles. The molecule has 1 fully saturated rings. The molecule has 0 N–H and O–H groups in total. The third kappa shape index (κ3) is 5.02. The zero-order valence-electron chi connectivity index (χ0n) is 14.0. The van der Waals surface area contributed by atoms with Crippen LogP contribution in [0.1, 0.15) is 27.2 Å². The average molecular weight is 304 g/mol. The van der Waals surface area contributed by atoms with Gasteiger partial charge < -0.3 is 9.64 Å². The van der Waals surface area contributed by atoms with Crippen LogP contribution in [0.5, 0.6) is 5.75 Å². The smallest absolute Gasteiger partial charge is 0.228 e. The van der Waals surface area contributed by atoms with Gasteiger partial charge in [0.25, 0.3) is 0 Å². The topological polar surface area (TPSA) is 32.8 Å². The number of ether oxygens (including phenoxy) is 1. The fourth-order valence-electron chi connectivity index (χ4n) is 2.64. The van der Waals surface area contributed by atoms with E-state index in [0.29, 0.717) is 0 Å². The lowest BCUT2D eigenvalue weighted by Crippen LogP contribution is -2.51. The molecule has 0 radical (unpaired) electrons. The summed E-state index contributed by atoms with van der Waals surface area (Å²) in [6.07, 6.45) is 1.02. The number of carbonyl (C=O) groups is 1. The minimum atomic E-state index is -0.272. The van der Waals surface area contributed by atoms with Crippen molar-refractivity contribution in [3.63, 3.8) is 0 Å². The number of hydrogen-bond donors (Lipinski definition) is 0. The molecule has 0 saturated carbocycles. The van der Waals surface area contributed by atoms with Gasteiger partial charge >= 0.3 is 0 Å². The van der Waals surface area contributed by atoms with Gasteiger partial charge in [-0.3, -0.25) is 9.69 Å². The quantitative estimate of drug-likeness (QED) is 0.784. The lowest BCUT2D eigenvalue weighted by molar-refractivity contribution is -0.141. The Labute approximate surface area is 134 Å². The van der Waals surface area contributed by atoms with Crippen molar-refractivity contribution in [2.45, 2.75) is 27.2 Å². The van der Waals surface area contributed by atoms with Crippen LogP contribution in [-0.4, -0.2) is 55.0 Å². The van der Waals surface area contributed by atoms with Crippen LogP contribution in [0.15, 0.2) is 30.3 Å². The lowest BCUT2D eigenvalue weighted by Gasteiger charge is -2.37. The highest BCUT2D eigenvalue weighted by Gasteiger charge is 2.29. The van der Waals surface area contributed by atoms with E-state index in [2.05, 4.69) is 4.90 Å². The Morgan fingerprint density at radius 1 is 1.09 bits per heavy atom. The van der Waals surface area contributed by atoms with Gasteiger partial charge in [-0.05, 0) is 18.6 Å². The van der Waals surface area contributed by atoms with Crippen molar-refractivity contribution >= 4 is 5.91 Å². The Bertz CT molecular complexity index is 460. The Balaban J connectivity index is 1.63. The molecule has 22 heavy (non-hydrogen) atoms. The number of nitrogens with zero attached hydrogens (tertiary/aromatic N) is 2. The number of benzene rings is 1. The number of amides is 1. The summed E-state index contributed by atoms with van der Waals surface area (Å²) in [6, 6.07) is 9.93. The number of rotatable bonds is 5. The van der Waals surface area contributed by atoms with Gasteiger partial charge in [-0.2, -0.15) is 0 Å². The molecule has 0 unspecified atom stereocenters. The minimum Gasteiger partial charge on any atom is -0.494 e. The molecule has 4 heteroatoms. The van der Waals surface area contributed by atoms with Crippen LogP contribution in [-0.2, 0) is 4.79 Å². The molecular formula is C18H28N2O2. The van der Waals surface area contributed by atoms with E-state index in [1.807, 2.05) is 56.0 Å². The van der Waals surface area contributed by atoms with E-state index in [9.17, 15) is 4.79 Å². The number of para-hydroxylation sites is 1. The van der Waals surface area contributed by atoms with E-state index in [-0.39, 0.29) is 11.3 Å². The molecule has 4 nitrogen and oxygen atoms in total. The maximum absolute atomic E-state index is 12.2. The van der Waals surface area contributed by atoms with Crippen LogP contribution in [0.2, 0.25) is 0 Å². The van der Waals surface area contributed by atoms with Gasteiger partial charge in [-0.15, -0.1) is 0 Å². The molecule has 0 bridgehead atoms. The monoisotopic (exact) mass is 304 g/mol. The zero-order chi connectivity index (χ0) is 16.0. The SMILES string of the molecule is CC(C)(C)C(=O)N1CCN(CCCOc2ccccc2)CC1. The maximum Gasteiger partial charge on any atom is 0.228 e. The fraction of sp³-hybridized carbons (Fsp3) is 0.611. The van der Waals surface area contributed by atoms with Crippen molar-refractivity contribution in [3.05, 3.63) is 30.3 Å². The van der Waals surface area contributed by atoms with Crippen molar-refractivity contribution in [2.75, 3.05) is 39.3 Å². The summed E-state index contributed by atoms with van der Waals surface area (Å²) in [5.74, 6) is 1.20. The van der Waals surface area contributed by atoms with Gasteiger partial charge in [0.15, 0.2) is 0 Å². The predicted molar refractivity (Wildman–Crippen MR) is 89.0 cm³/mol. The van der Waals surface area contributed by atoms with Crippen LogP contribution in [0.25, 0.3) is 0 Å². The summed E-state index contributed by atoms with van der Waals surface area (Å²) in [6.45, 7) is 11.4. The molecule has 1 aliphatic heterocycles. The number of carbonyl (C=O) groups excluding carboxylic acids is 1. The van der Waals surface area contributed by atoms with E-state index in [0.717, 1.165) is 51.5 Å². The summed E-state index contributed by atoms with van der Waals surface area (Å²) < 4.78 is 5.71. The predicted octanol–water partition coefficient (Wildman–Crippen LogP) is 2.65. The molecule has 0 aliphatic carbocycles. The third-order valence-corrected chi connectivity index (χ3v) is 3.93. The van der Waals surface area contributed by atoms with Crippen LogP contribution in [0.4, 0.5) is 0 Å². The minimum absolute atomic E-state index is 0.263. The second-order valence-electron chi connectivity index (χ2n) is 6.90. The Morgan fingerprint density at radius 3 is 2.32 bits per heavy atom. The fourth-order valence-corrected chi connectivity index (χ4v) is 2.64. The lowest BCUT2D eigenvalue weighted by atomic mass is 9.94. The van der Waals surface area contributed by atoms with Crippen molar-refractivity contribution in [1.82, 2.24) is 9.80 Å². The molecule has 122 valence electrons. The molecule has 1 aromatic carbocycles. The molecule has 2 rings (SSSR count). The molecule has 0 aromatic heterocycles. The van der Waals surface area contributed by atoms with Crippen LogP contribution in [0, 0.1) is 5.41 Å². The Hall–Kier alpha value is -1.55. The number of hydrogen-bond acceptors (Lipinski definition) is 3. The van der Waals surface area contributed by atoms with E-state index < -0.39 is 0 Å². The molecule has 1 aliphatic rings. The van der Waals surface area contributed by atoms with Gasteiger partial charge in [-0.25, -0.2) is 0 Å². The first-order chi connectivity index (χ1) is 10.5. The molecular weight excluding hydrogens is 276 g/mol. The summed E-state index contributed by atoms with van der Waals surface area (Å²) >= 11 is 0. The third-order valence-electron chi connectivity index (χ3n) is 3.93. The second-order valence-corrected chi connectivity index (χ2v) is 6.90. The van der Waals surface area contributed by atoms with E-state index >= 15 is 0 Å². The van der Waals surface area contributed by atoms with Gasteiger partial charge in [0, 0.05) is 38.1 Å². The highest BCUT2D eigenvalue weighted by atomic mass is 16.5. The summed E-state index contributed by atoms with van der Waals surface area (Å²) in [5, 5.41) is 0. The Morgan fingerprint density at radius 2 is 1.73 bits per heavy atom. The second kappa shape index (κ2) is 7.63. The first-order valence-corrected chi connectivity index (χ1v) is 8.16. The molecule has 0 atom stereocenters. The Kier molecular flexibility index (Phi) is 5.83. The zero-order valence-corrected chi connectivity index (χ0v) is 14.0. The van der Waals surface area contributed by atoms with Crippen LogP contribution < -0.4 is 4.74 Å². The summed E-state index contributed by atoms with van der Waals surface area (Å²) in [7, 11) is 0. The summed E-state index contributed by atoms with van der Waals surface area (Å²) in [5.41, 5.74) is -0.272. The van der Waals surface area contributed by atoms with Crippen molar-refractivity contribution in [1.29, 1.82) is 0 Å². The normalized spacial score (nSPS) is 16.6. The first-order valence-electron chi connectivity index (χ1n) is 8.16. The molecule has 0 spiro atoms. The van der Waals surface area contributed by atoms with Gasteiger partial charge in [0.1, 0.15) is 5.75 Å². The standard InChI is InChI=1S/C18H28N2O2/c1-18(2,3)17(21)20-13-11-19(12-14-20)10-7-15-22-16-8-5-4-6-9-16/h4-6,8-9H,7,10-15H2,1-3H3. The van der Waals surface area contributed by atoms with Crippen LogP contribution in [0.3, 0.4) is 0 Å².